The topological polar surface area (TPSA) is 148 Å². The van der Waals surface area contributed by atoms with Crippen LogP contribution in [0.1, 0.15) is 32.6 Å². The Hall–Kier alpha value is -1.32. The number of carbonyl (C=O) groups excluding carboxylic acids is 2. The summed E-state index contributed by atoms with van der Waals surface area (Å²) in [6, 6.07) is -2.52. The van der Waals surface area contributed by atoms with Gasteiger partial charge in [0.25, 0.3) is 0 Å². The van der Waals surface area contributed by atoms with Gasteiger partial charge in [-0.2, -0.15) is 11.8 Å². The highest BCUT2D eigenvalue weighted by Crippen LogP contribution is 2.05. The Balaban J connectivity index is 4.75. The van der Waals surface area contributed by atoms with E-state index in [2.05, 4.69) is 10.6 Å². The number of hydrogen-bond donors (Lipinski definition) is 5. The summed E-state index contributed by atoms with van der Waals surface area (Å²) in [5.74, 6) is -1.39. The quantitative estimate of drug-likeness (QED) is 0.292. The van der Waals surface area contributed by atoms with Gasteiger partial charge in [-0.3, -0.25) is 9.59 Å². The molecule has 3 unspecified atom stereocenters. The largest absolute Gasteiger partial charge is 0.480 e. The van der Waals surface area contributed by atoms with Gasteiger partial charge in [0.05, 0.1) is 6.04 Å². The molecule has 9 heteroatoms. The second kappa shape index (κ2) is 12.1. The Morgan fingerprint density at radius 2 is 1.70 bits per heavy atom. The Labute approximate surface area is 141 Å². The first kappa shape index (κ1) is 21.7. The van der Waals surface area contributed by atoms with Crippen molar-refractivity contribution in [2.75, 3.05) is 18.6 Å². The molecule has 134 valence electrons. The minimum Gasteiger partial charge on any atom is -0.480 e. The van der Waals surface area contributed by atoms with E-state index in [9.17, 15) is 19.5 Å². The van der Waals surface area contributed by atoms with Crippen LogP contribution in [0.3, 0.4) is 0 Å². The summed E-state index contributed by atoms with van der Waals surface area (Å²) in [5, 5.41) is 14.2. The monoisotopic (exact) mass is 348 g/mol. The summed E-state index contributed by atoms with van der Waals surface area (Å²) >= 11 is 1.53. The van der Waals surface area contributed by atoms with Crippen molar-refractivity contribution >= 4 is 29.5 Å². The van der Waals surface area contributed by atoms with Crippen LogP contribution in [0.4, 0.5) is 0 Å². The third-order valence-corrected chi connectivity index (χ3v) is 3.86. The molecule has 0 aromatic heterocycles. The van der Waals surface area contributed by atoms with Gasteiger partial charge in [0.2, 0.25) is 11.8 Å². The van der Waals surface area contributed by atoms with E-state index in [1.807, 2.05) is 6.26 Å². The zero-order valence-electron chi connectivity index (χ0n) is 13.7. The van der Waals surface area contributed by atoms with Crippen LogP contribution in [0, 0.1) is 0 Å². The molecular formula is C14H28N4O4S. The van der Waals surface area contributed by atoms with Gasteiger partial charge in [-0.05, 0) is 51.2 Å². The van der Waals surface area contributed by atoms with Gasteiger partial charge in [0.1, 0.15) is 12.1 Å². The van der Waals surface area contributed by atoms with Crippen LogP contribution < -0.4 is 22.1 Å². The number of nitrogens with two attached hydrogens (primary N) is 2. The average Bonchev–Trinajstić information content (AvgIpc) is 2.49. The molecule has 0 aromatic carbocycles. The highest BCUT2D eigenvalue weighted by atomic mass is 32.2. The van der Waals surface area contributed by atoms with E-state index in [1.54, 1.807) is 0 Å². The maximum atomic E-state index is 12.3. The van der Waals surface area contributed by atoms with Crippen LogP contribution in [0.25, 0.3) is 0 Å². The molecule has 0 aliphatic heterocycles. The van der Waals surface area contributed by atoms with Crippen molar-refractivity contribution in [2.45, 2.75) is 50.7 Å². The normalized spacial score (nSPS) is 14.6. The summed E-state index contributed by atoms with van der Waals surface area (Å²) in [4.78, 5) is 35.2. The number of aliphatic carboxylic acids is 1. The molecule has 2 amide bonds. The molecule has 3 atom stereocenters. The first-order valence-electron chi connectivity index (χ1n) is 7.61. The molecule has 23 heavy (non-hydrogen) atoms. The summed E-state index contributed by atoms with van der Waals surface area (Å²) < 4.78 is 0. The van der Waals surface area contributed by atoms with Crippen molar-refractivity contribution in [3.63, 3.8) is 0 Å². The van der Waals surface area contributed by atoms with Crippen LogP contribution in [-0.4, -0.2) is 59.6 Å². The van der Waals surface area contributed by atoms with Crippen LogP contribution in [0.15, 0.2) is 0 Å². The van der Waals surface area contributed by atoms with Gasteiger partial charge >= 0.3 is 5.97 Å². The molecule has 0 saturated heterocycles. The van der Waals surface area contributed by atoms with Gasteiger partial charge in [-0.1, -0.05) is 0 Å². The van der Waals surface area contributed by atoms with E-state index in [0.29, 0.717) is 38.0 Å². The molecule has 7 N–H and O–H groups in total. The zero-order chi connectivity index (χ0) is 17.8. The van der Waals surface area contributed by atoms with Crippen molar-refractivity contribution in [1.29, 1.82) is 0 Å². The highest BCUT2D eigenvalue weighted by Gasteiger charge is 2.26. The molecule has 0 rings (SSSR count). The second-order valence-corrected chi connectivity index (χ2v) is 6.30. The molecule has 0 saturated carbocycles. The SMILES string of the molecule is CSCCC(NC(=O)C(C)N)C(=O)NC(CCCCN)C(=O)O. The smallest absolute Gasteiger partial charge is 0.326 e. The van der Waals surface area contributed by atoms with Crippen molar-refractivity contribution in [3.8, 4) is 0 Å². The lowest BCUT2D eigenvalue weighted by Crippen LogP contribution is -2.54. The zero-order valence-corrected chi connectivity index (χ0v) is 14.5. The number of hydrogen-bond acceptors (Lipinski definition) is 6. The number of thioether (sulfide) groups is 1. The molecule has 0 aromatic rings. The Bertz CT molecular complexity index is 393. The summed E-state index contributed by atoms with van der Waals surface area (Å²) in [7, 11) is 0. The second-order valence-electron chi connectivity index (χ2n) is 5.32. The lowest BCUT2D eigenvalue weighted by molar-refractivity contribution is -0.142. The highest BCUT2D eigenvalue weighted by molar-refractivity contribution is 7.98. The van der Waals surface area contributed by atoms with Crippen LogP contribution in [0.2, 0.25) is 0 Å². The minimum absolute atomic E-state index is 0.300. The van der Waals surface area contributed by atoms with Crippen molar-refractivity contribution < 1.29 is 19.5 Å². The molecule has 0 radical (unpaired) electrons. The Morgan fingerprint density at radius 1 is 1.09 bits per heavy atom. The maximum absolute atomic E-state index is 12.3. The van der Waals surface area contributed by atoms with Crippen LogP contribution in [0.5, 0.6) is 0 Å². The molecule has 0 heterocycles. The Kier molecular flexibility index (Phi) is 11.4. The Morgan fingerprint density at radius 3 is 2.17 bits per heavy atom. The lowest BCUT2D eigenvalue weighted by Gasteiger charge is -2.22. The molecule has 0 fully saturated rings. The molecular weight excluding hydrogens is 320 g/mol. The fraction of sp³-hybridized carbons (Fsp3) is 0.786. The van der Waals surface area contributed by atoms with Crippen LogP contribution in [-0.2, 0) is 14.4 Å². The number of carboxylic acids is 1. The number of rotatable bonds is 12. The predicted octanol–water partition coefficient (Wildman–Crippen LogP) is -0.730. The van der Waals surface area contributed by atoms with E-state index in [1.165, 1.54) is 18.7 Å². The number of nitrogens with one attached hydrogen (secondary N) is 2. The number of carboxylic acid groups (broad SMARTS) is 1. The van der Waals surface area contributed by atoms with Gasteiger partial charge in [-0.25, -0.2) is 4.79 Å². The first-order chi connectivity index (χ1) is 10.8. The molecule has 0 bridgehead atoms. The minimum atomic E-state index is -1.10. The van der Waals surface area contributed by atoms with Crippen molar-refractivity contribution in [3.05, 3.63) is 0 Å². The molecule has 0 spiro atoms. The van der Waals surface area contributed by atoms with Gasteiger partial charge in [0.15, 0.2) is 0 Å². The van der Waals surface area contributed by atoms with Gasteiger partial charge < -0.3 is 27.2 Å². The van der Waals surface area contributed by atoms with E-state index in [0.717, 1.165) is 0 Å². The summed E-state index contributed by atoms with van der Waals surface area (Å²) in [5.41, 5.74) is 10.9. The summed E-state index contributed by atoms with van der Waals surface area (Å²) in [6.07, 6.45) is 3.89. The standard InChI is InChI=1S/C14H28N4O4S/c1-9(16)12(19)17-10(6-8-23-2)13(20)18-11(14(21)22)5-3-4-7-15/h9-11H,3-8,15-16H2,1-2H3,(H,17,19)(H,18,20)(H,21,22). The van der Waals surface area contributed by atoms with E-state index in [4.69, 9.17) is 11.5 Å². The fourth-order valence-corrected chi connectivity index (χ4v) is 2.30. The third-order valence-electron chi connectivity index (χ3n) is 3.22. The van der Waals surface area contributed by atoms with E-state index in [-0.39, 0.29) is 0 Å². The van der Waals surface area contributed by atoms with Crippen molar-refractivity contribution in [1.82, 2.24) is 10.6 Å². The molecule has 8 nitrogen and oxygen atoms in total. The van der Waals surface area contributed by atoms with Gasteiger partial charge in [0, 0.05) is 0 Å². The van der Waals surface area contributed by atoms with E-state index < -0.39 is 35.9 Å². The van der Waals surface area contributed by atoms with Gasteiger partial charge in [-0.15, -0.1) is 0 Å². The predicted molar refractivity (Wildman–Crippen MR) is 91.1 cm³/mol. The number of carbonyl (C=O) groups is 3. The molecule has 0 aliphatic rings. The van der Waals surface area contributed by atoms with Crippen LogP contribution >= 0.6 is 11.8 Å². The molecule has 0 aliphatic carbocycles. The maximum Gasteiger partial charge on any atom is 0.326 e. The average molecular weight is 348 g/mol. The third kappa shape index (κ3) is 9.42. The summed E-state index contributed by atoms with van der Waals surface area (Å²) in [6.45, 7) is 1.99. The number of amides is 2. The first-order valence-corrected chi connectivity index (χ1v) is 9.01. The number of unbranched alkanes of at least 4 members (excludes halogenated alkanes) is 1. The van der Waals surface area contributed by atoms with E-state index >= 15 is 0 Å². The van der Waals surface area contributed by atoms with Crippen molar-refractivity contribution in [2.24, 2.45) is 11.5 Å². The lowest BCUT2D eigenvalue weighted by atomic mass is 10.1. The fourth-order valence-electron chi connectivity index (χ4n) is 1.83.